The second-order valence-electron chi connectivity index (χ2n) is 3.87. The van der Waals surface area contributed by atoms with E-state index in [1.807, 2.05) is 0 Å². The lowest BCUT2D eigenvalue weighted by Gasteiger charge is -2.08. The molecule has 4 nitrogen and oxygen atoms in total. The van der Waals surface area contributed by atoms with E-state index in [9.17, 15) is 0 Å². The standard InChI is InChI=1S/C12H20N2O2S/c13-9-11(1-5-15)3-7-17-8-4-12(10-14)2-6-16/h11-12,15-16H,1-8H2. The summed E-state index contributed by atoms with van der Waals surface area (Å²) in [5.74, 6) is 1.65. The van der Waals surface area contributed by atoms with Crippen molar-refractivity contribution >= 4 is 11.8 Å². The summed E-state index contributed by atoms with van der Waals surface area (Å²) in [7, 11) is 0. The van der Waals surface area contributed by atoms with Crippen LogP contribution in [0.1, 0.15) is 25.7 Å². The molecule has 0 aliphatic rings. The summed E-state index contributed by atoms with van der Waals surface area (Å²) >= 11 is 1.73. The number of nitriles is 2. The van der Waals surface area contributed by atoms with Crippen LogP contribution in [0.25, 0.3) is 0 Å². The van der Waals surface area contributed by atoms with Gasteiger partial charge in [0.15, 0.2) is 0 Å². The molecule has 0 saturated carbocycles. The van der Waals surface area contributed by atoms with Crippen LogP contribution < -0.4 is 0 Å². The molecular formula is C12H20N2O2S. The molecule has 0 aromatic heterocycles. The first-order valence-corrected chi connectivity index (χ1v) is 7.02. The van der Waals surface area contributed by atoms with Crippen LogP contribution in [0, 0.1) is 34.5 Å². The Labute approximate surface area is 107 Å². The van der Waals surface area contributed by atoms with Gasteiger partial charge in [-0.05, 0) is 37.2 Å². The first kappa shape index (κ1) is 16.2. The molecule has 0 aromatic rings. The molecule has 17 heavy (non-hydrogen) atoms. The smallest absolute Gasteiger partial charge is 0.0656 e. The molecule has 0 aromatic carbocycles. The zero-order valence-electron chi connectivity index (χ0n) is 10.0. The van der Waals surface area contributed by atoms with Crippen molar-refractivity contribution < 1.29 is 10.2 Å². The number of nitrogens with zero attached hydrogens (tertiary/aromatic N) is 2. The van der Waals surface area contributed by atoms with Crippen LogP contribution in [0.5, 0.6) is 0 Å². The first-order valence-electron chi connectivity index (χ1n) is 5.87. The van der Waals surface area contributed by atoms with Gasteiger partial charge in [0.25, 0.3) is 0 Å². The van der Waals surface area contributed by atoms with Gasteiger partial charge in [-0.1, -0.05) is 0 Å². The molecular weight excluding hydrogens is 236 g/mol. The molecule has 2 atom stereocenters. The second-order valence-corrected chi connectivity index (χ2v) is 5.09. The first-order chi connectivity index (χ1) is 8.28. The van der Waals surface area contributed by atoms with Crippen molar-refractivity contribution in [3.05, 3.63) is 0 Å². The predicted molar refractivity (Wildman–Crippen MR) is 68.2 cm³/mol. The Morgan fingerprint density at radius 2 is 1.24 bits per heavy atom. The molecule has 0 radical (unpaired) electrons. The normalized spacial score (nSPS) is 13.6. The van der Waals surface area contributed by atoms with Gasteiger partial charge in [-0.2, -0.15) is 22.3 Å². The van der Waals surface area contributed by atoms with Crippen molar-refractivity contribution in [2.75, 3.05) is 24.7 Å². The maximum Gasteiger partial charge on any atom is 0.0656 e. The van der Waals surface area contributed by atoms with Crippen molar-refractivity contribution in [1.82, 2.24) is 0 Å². The van der Waals surface area contributed by atoms with Crippen LogP contribution >= 0.6 is 11.8 Å². The molecule has 2 N–H and O–H groups in total. The lowest BCUT2D eigenvalue weighted by atomic mass is 10.1. The molecule has 96 valence electrons. The van der Waals surface area contributed by atoms with Crippen LogP contribution in [-0.4, -0.2) is 34.9 Å². The van der Waals surface area contributed by atoms with Crippen molar-refractivity contribution in [3.63, 3.8) is 0 Å². The highest BCUT2D eigenvalue weighted by Crippen LogP contribution is 2.16. The highest BCUT2D eigenvalue weighted by molar-refractivity contribution is 7.99. The monoisotopic (exact) mass is 256 g/mol. The van der Waals surface area contributed by atoms with E-state index in [1.165, 1.54) is 0 Å². The molecule has 0 heterocycles. The molecule has 0 rings (SSSR count). The fourth-order valence-electron chi connectivity index (χ4n) is 1.41. The van der Waals surface area contributed by atoms with Crippen LogP contribution in [0.4, 0.5) is 0 Å². The third kappa shape index (κ3) is 9.00. The van der Waals surface area contributed by atoms with Crippen molar-refractivity contribution in [1.29, 1.82) is 10.5 Å². The van der Waals surface area contributed by atoms with Crippen LogP contribution in [0.2, 0.25) is 0 Å². The average molecular weight is 256 g/mol. The molecule has 0 bridgehead atoms. The Balaban J connectivity index is 3.51. The number of aliphatic hydroxyl groups excluding tert-OH is 2. The van der Waals surface area contributed by atoms with Crippen molar-refractivity contribution in [2.24, 2.45) is 11.8 Å². The zero-order valence-corrected chi connectivity index (χ0v) is 10.8. The van der Waals surface area contributed by atoms with Gasteiger partial charge < -0.3 is 10.2 Å². The van der Waals surface area contributed by atoms with Gasteiger partial charge in [-0.3, -0.25) is 0 Å². The SMILES string of the molecule is N#CC(CCO)CCSCCC(C#N)CCO. The molecule has 5 heteroatoms. The third-order valence-corrected chi connectivity index (χ3v) is 3.59. The Morgan fingerprint density at radius 1 is 0.824 bits per heavy atom. The Bertz CT molecular complexity index is 234. The summed E-state index contributed by atoms with van der Waals surface area (Å²) in [6.45, 7) is 0.131. The lowest BCUT2D eigenvalue weighted by molar-refractivity contribution is 0.270. The van der Waals surface area contributed by atoms with Crippen LogP contribution in [0.15, 0.2) is 0 Å². The lowest BCUT2D eigenvalue weighted by Crippen LogP contribution is -2.04. The third-order valence-electron chi connectivity index (χ3n) is 2.54. The fourth-order valence-corrected chi connectivity index (χ4v) is 2.52. The van der Waals surface area contributed by atoms with Gasteiger partial charge >= 0.3 is 0 Å². The van der Waals surface area contributed by atoms with E-state index in [1.54, 1.807) is 11.8 Å². The molecule has 0 fully saturated rings. The maximum atomic E-state index is 8.77. The van der Waals surface area contributed by atoms with E-state index in [4.69, 9.17) is 20.7 Å². The molecule has 0 amide bonds. The van der Waals surface area contributed by atoms with Crippen molar-refractivity contribution in [2.45, 2.75) is 25.7 Å². The van der Waals surface area contributed by atoms with Crippen LogP contribution in [-0.2, 0) is 0 Å². The van der Waals surface area contributed by atoms with E-state index in [2.05, 4.69) is 12.1 Å². The van der Waals surface area contributed by atoms with Gasteiger partial charge in [-0.25, -0.2) is 0 Å². The molecule has 2 unspecified atom stereocenters. The van der Waals surface area contributed by atoms with Crippen molar-refractivity contribution in [3.8, 4) is 12.1 Å². The number of thioether (sulfide) groups is 1. The van der Waals surface area contributed by atoms with Gasteiger partial charge in [-0.15, -0.1) is 0 Å². The summed E-state index contributed by atoms with van der Waals surface area (Å²) in [4.78, 5) is 0. The minimum Gasteiger partial charge on any atom is -0.396 e. The van der Waals surface area contributed by atoms with E-state index in [0.717, 1.165) is 24.3 Å². The quantitative estimate of drug-likeness (QED) is 0.579. The predicted octanol–water partition coefficient (Wildman–Crippen LogP) is 1.54. The Morgan fingerprint density at radius 3 is 1.53 bits per heavy atom. The fraction of sp³-hybridized carbons (Fsp3) is 0.833. The summed E-state index contributed by atoms with van der Waals surface area (Å²) in [5.41, 5.74) is 0. The largest absolute Gasteiger partial charge is 0.396 e. The van der Waals surface area contributed by atoms with E-state index >= 15 is 0 Å². The van der Waals surface area contributed by atoms with Gasteiger partial charge in [0, 0.05) is 25.0 Å². The number of hydrogen-bond donors (Lipinski definition) is 2. The summed E-state index contributed by atoms with van der Waals surface area (Å²) in [6, 6.07) is 4.35. The highest BCUT2D eigenvalue weighted by atomic mass is 32.2. The van der Waals surface area contributed by atoms with E-state index in [0.29, 0.717) is 12.8 Å². The number of hydrogen-bond acceptors (Lipinski definition) is 5. The number of rotatable bonds is 10. The summed E-state index contributed by atoms with van der Waals surface area (Å²) in [5, 5.41) is 35.0. The second kappa shape index (κ2) is 11.7. The van der Waals surface area contributed by atoms with Gasteiger partial charge in [0.05, 0.1) is 12.1 Å². The summed E-state index contributed by atoms with van der Waals surface area (Å²) in [6.07, 6.45) is 2.67. The molecule has 0 saturated heterocycles. The minimum atomic E-state index is -0.0586. The topological polar surface area (TPSA) is 88.0 Å². The van der Waals surface area contributed by atoms with Crippen LogP contribution in [0.3, 0.4) is 0 Å². The zero-order chi connectivity index (χ0) is 12.9. The summed E-state index contributed by atoms with van der Waals surface area (Å²) < 4.78 is 0. The van der Waals surface area contributed by atoms with E-state index < -0.39 is 0 Å². The van der Waals surface area contributed by atoms with Gasteiger partial charge in [0.1, 0.15) is 0 Å². The molecule has 0 aliphatic heterocycles. The Kier molecular flexibility index (Phi) is 11.2. The highest BCUT2D eigenvalue weighted by Gasteiger charge is 2.08. The van der Waals surface area contributed by atoms with E-state index in [-0.39, 0.29) is 25.0 Å². The average Bonchev–Trinajstić information content (AvgIpc) is 2.35. The molecule has 0 spiro atoms. The number of aliphatic hydroxyl groups is 2. The minimum absolute atomic E-state index is 0.0586. The molecule has 0 aliphatic carbocycles. The maximum absolute atomic E-state index is 8.77. The van der Waals surface area contributed by atoms with Gasteiger partial charge in [0.2, 0.25) is 0 Å². The Hall–Kier alpha value is -0.750.